The first-order valence-electron chi connectivity index (χ1n) is 11.9. The van der Waals surface area contributed by atoms with Gasteiger partial charge in [0.1, 0.15) is 0 Å². The van der Waals surface area contributed by atoms with Crippen LogP contribution < -0.4 is 0 Å². The summed E-state index contributed by atoms with van der Waals surface area (Å²) in [7, 11) is 0. The van der Waals surface area contributed by atoms with Crippen LogP contribution in [0.2, 0.25) is 0 Å². The lowest BCUT2D eigenvalue weighted by Gasteiger charge is -2.24. The van der Waals surface area contributed by atoms with E-state index in [1.54, 1.807) is 24.3 Å². The van der Waals surface area contributed by atoms with Crippen molar-refractivity contribution >= 4 is 11.9 Å². The number of hydrogen-bond donors (Lipinski definition) is 2. The molecule has 4 nitrogen and oxygen atoms in total. The van der Waals surface area contributed by atoms with Crippen molar-refractivity contribution < 1.29 is 19.8 Å². The van der Waals surface area contributed by atoms with Crippen molar-refractivity contribution in [2.75, 3.05) is 0 Å². The summed E-state index contributed by atoms with van der Waals surface area (Å²) in [5.41, 5.74) is 8.71. The van der Waals surface area contributed by atoms with E-state index < -0.39 is 11.9 Å². The second-order valence-electron chi connectivity index (χ2n) is 9.52. The lowest BCUT2D eigenvalue weighted by Crippen LogP contribution is -2.08. The Balaban J connectivity index is 1.38. The minimum absolute atomic E-state index is 0.292. The lowest BCUT2D eigenvalue weighted by atomic mass is 9.80. The van der Waals surface area contributed by atoms with Gasteiger partial charge in [0.2, 0.25) is 0 Å². The molecule has 0 saturated heterocycles. The SMILES string of the molecule is O=C(O)c1ccc([C@H]2CCC3=CC=C(C3)[C@@H](c3ccc(C(=O)O)cc3)CCC3=CC=C2C3)cc1. The molecule has 5 rings (SSSR count). The van der Waals surface area contributed by atoms with Crippen molar-refractivity contribution in [3.63, 3.8) is 0 Å². The van der Waals surface area contributed by atoms with Gasteiger partial charge in [-0.3, -0.25) is 0 Å². The maximum absolute atomic E-state index is 11.3. The van der Waals surface area contributed by atoms with Crippen LogP contribution in [0, 0.1) is 0 Å². The molecular weight excluding hydrogens is 424 g/mol. The van der Waals surface area contributed by atoms with E-state index in [-0.39, 0.29) is 0 Å². The van der Waals surface area contributed by atoms with Gasteiger partial charge in [0.15, 0.2) is 0 Å². The van der Waals surface area contributed by atoms with Gasteiger partial charge in [0.25, 0.3) is 0 Å². The zero-order valence-electron chi connectivity index (χ0n) is 19.0. The van der Waals surface area contributed by atoms with Crippen LogP contribution in [0.5, 0.6) is 0 Å². The number of fused-ring (bicyclic) bond motifs is 4. The number of carboxylic acid groups (broad SMARTS) is 2. The first kappa shape index (κ1) is 22.1. The van der Waals surface area contributed by atoms with Crippen molar-refractivity contribution in [1.82, 2.24) is 0 Å². The minimum atomic E-state index is -0.892. The topological polar surface area (TPSA) is 74.6 Å². The van der Waals surface area contributed by atoms with Crippen molar-refractivity contribution in [2.24, 2.45) is 0 Å². The second-order valence-corrected chi connectivity index (χ2v) is 9.52. The van der Waals surface area contributed by atoms with Gasteiger partial charge in [-0.1, -0.05) is 70.9 Å². The van der Waals surface area contributed by atoms with Crippen molar-refractivity contribution in [3.05, 3.63) is 117 Å². The first-order chi connectivity index (χ1) is 16.5. The van der Waals surface area contributed by atoms with Crippen LogP contribution in [0.3, 0.4) is 0 Å². The highest BCUT2D eigenvalue weighted by atomic mass is 16.4. The third-order valence-electron chi connectivity index (χ3n) is 7.45. The van der Waals surface area contributed by atoms with Crippen LogP contribution >= 0.6 is 0 Å². The summed E-state index contributed by atoms with van der Waals surface area (Å²) < 4.78 is 0. The molecule has 4 heteroatoms. The largest absolute Gasteiger partial charge is 0.478 e. The molecule has 2 aromatic rings. The Morgan fingerprint density at radius 2 is 0.971 bits per heavy atom. The number of benzene rings is 2. The number of allylic oxidation sites excluding steroid dienone is 8. The van der Waals surface area contributed by atoms with Gasteiger partial charge in [-0.05, 0) is 73.9 Å². The van der Waals surface area contributed by atoms with E-state index in [9.17, 15) is 19.8 Å². The molecule has 2 N–H and O–H groups in total. The molecule has 0 aliphatic heterocycles. The molecule has 34 heavy (non-hydrogen) atoms. The van der Waals surface area contributed by atoms with Crippen molar-refractivity contribution in [2.45, 2.75) is 50.4 Å². The fraction of sp³-hybridized carbons (Fsp3) is 0.267. The maximum atomic E-state index is 11.3. The Kier molecular flexibility index (Phi) is 6.06. The fourth-order valence-corrected chi connectivity index (χ4v) is 5.54. The lowest BCUT2D eigenvalue weighted by molar-refractivity contribution is 0.0686. The van der Waals surface area contributed by atoms with Crippen LogP contribution in [0.15, 0.2) is 95.1 Å². The van der Waals surface area contributed by atoms with Crippen LogP contribution in [0.4, 0.5) is 0 Å². The summed E-state index contributed by atoms with van der Waals surface area (Å²) in [5, 5.41) is 18.5. The molecular formula is C30H28O4. The minimum Gasteiger partial charge on any atom is -0.478 e. The first-order valence-corrected chi connectivity index (χ1v) is 11.9. The average molecular weight is 453 g/mol. The number of carboxylic acids is 2. The van der Waals surface area contributed by atoms with E-state index in [1.807, 2.05) is 24.3 Å². The van der Waals surface area contributed by atoms with Crippen LogP contribution in [-0.2, 0) is 0 Å². The highest BCUT2D eigenvalue weighted by molar-refractivity contribution is 5.88. The van der Waals surface area contributed by atoms with Crippen LogP contribution in [-0.4, -0.2) is 22.2 Å². The summed E-state index contributed by atoms with van der Waals surface area (Å²) in [6.07, 6.45) is 15.0. The van der Waals surface area contributed by atoms with E-state index in [2.05, 4.69) is 24.3 Å². The molecule has 2 atom stereocenters. The molecule has 0 amide bonds. The molecule has 0 spiro atoms. The molecule has 4 bridgehead atoms. The van der Waals surface area contributed by atoms with Crippen LogP contribution in [0.1, 0.15) is 82.2 Å². The summed E-state index contributed by atoms with van der Waals surface area (Å²) in [4.78, 5) is 22.5. The second kappa shape index (κ2) is 9.30. The standard InChI is InChI=1S/C30H28O4/c31-29(32)23-11-7-21(8-12-23)27-16-4-20-2-6-26(18-20)28(15-3-19-1-5-25(27)17-19)22-9-13-24(14-10-22)30(33)34/h1-2,5-14,27-28H,3-4,15-18H2,(H,31,32)(H,33,34)/t27-,28-/m1/s1. The molecule has 0 heterocycles. The van der Waals surface area contributed by atoms with Crippen molar-refractivity contribution in [3.8, 4) is 0 Å². The average Bonchev–Trinajstić information content (AvgIpc) is 3.50. The Labute approximate surface area is 199 Å². The zero-order valence-corrected chi connectivity index (χ0v) is 19.0. The van der Waals surface area contributed by atoms with E-state index >= 15 is 0 Å². The van der Waals surface area contributed by atoms with E-state index in [1.165, 1.54) is 33.4 Å². The normalized spacial score (nSPS) is 22.0. The third kappa shape index (κ3) is 4.54. The number of carbonyl (C=O) groups is 2. The van der Waals surface area contributed by atoms with Gasteiger partial charge in [0, 0.05) is 11.8 Å². The Morgan fingerprint density at radius 3 is 1.32 bits per heavy atom. The monoisotopic (exact) mass is 452 g/mol. The van der Waals surface area contributed by atoms with E-state index in [4.69, 9.17) is 0 Å². The molecule has 3 aliphatic carbocycles. The maximum Gasteiger partial charge on any atom is 0.335 e. The molecule has 0 aromatic heterocycles. The van der Waals surface area contributed by atoms with E-state index in [0.29, 0.717) is 23.0 Å². The predicted molar refractivity (Wildman–Crippen MR) is 132 cm³/mol. The molecule has 0 radical (unpaired) electrons. The number of aromatic carboxylic acids is 2. The molecule has 172 valence electrons. The van der Waals surface area contributed by atoms with Gasteiger partial charge >= 0.3 is 11.9 Å². The van der Waals surface area contributed by atoms with Gasteiger partial charge < -0.3 is 10.2 Å². The molecule has 2 aromatic carbocycles. The summed E-state index contributed by atoms with van der Waals surface area (Å²) in [5.74, 6) is -1.20. The zero-order chi connectivity index (χ0) is 23.7. The quantitative estimate of drug-likeness (QED) is 0.522. The van der Waals surface area contributed by atoms with Gasteiger partial charge in [-0.15, -0.1) is 0 Å². The third-order valence-corrected chi connectivity index (χ3v) is 7.45. The highest BCUT2D eigenvalue weighted by Gasteiger charge is 2.26. The molecule has 3 aliphatic rings. The smallest absolute Gasteiger partial charge is 0.335 e. The Bertz CT molecular complexity index is 1140. The molecule has 1 fully saturated rings. The Morgan fingerprint density at radius 1 is 0.588 bits per heavy atom. The predicted octanol–water partition coefficient (Wildman–Crippen LogP) is 7.04. The number of rotatable bonds is 4. The summed E-state index contributed by atoms with van der Waals surface area (Å²) in [6.45, 7) is 0. The van der Waals surface area contributed by atoms with Crippen molar-refractivity contribution in [1.29, 1.82) is 0 Å². The van der Waals surface area contributed by atoms with Gasteiger partial charge in [-0.2, -0.15) is 0 Å². The van der Waals surface area contributed by atoms with Crippen LogP contribution in [0.25, 0.3) is 0 Å². The molecule has 0 unspecified atom stereocenters. The molecule has 1 saturated carbocycles. The van der Waals surface area contributed by atoms with Gasteiger partial charge in [-0.25, -0.2) is 9.59 Å². The highest BCUT2D eigenvalue weighted by Crippen LogP contribution is 2.44. The Hall–Kier alpha value is -3.66. The summed E-state index contributed by atoms with van der Waals surface area (Å²) in [6, 6.07) is 14.8. The number of hydrogen-bond acceptors (Lipinski definition) is 2. The fourth-order valence-electron chi connectivity index (χ4n) is 5.54. The summed E-state index contributed by atoms with van der Waals surface area (Å²) >= 11 is 0. The van der Waals surface area contributed by atoms with Gasteiger partial charge in [0.05, 0.1) is 11.1 Å². The van der Waals surface area contributed by atoms with E-state index in [0.717, 1.165) is 38.5 Å².